The maximum Gasteiger partial charge on any atom is 0.105 e. The van der Waals surface area contributed by atoms with Crippen molar-refractivity contribution in [1.82, 2.24) is 0 Å². The monoisotopic (exact) mass is 632 g/mol. The SMILES string of the molecule is BrCC1=CCO[C@@H]1c1ccc(Br)cc1.BrCC1=CCO[C@H]1c1ccc(Br)cc1. The Labute approximate surface area is 199 Å². The molecule has 2 nitrogen and oxygen atoms in total. The van der Waals surface area contributed by atoms with E-state index in [0.717, 1.165) is 32.8 Å². The predicted octanol–water partition coefficient (Wildman–Crippen LogP) is 7.68. The number of benzene rings is 2. The Morgan fingerprint density at radius 2 is 1.00 bits per heavy atom. The fourth-order valence-electron chi connectivity index (χ4n) is 3.08. The molecule has 0 fully saturated rings. The van der Waals surface area contributed by atoms with E-state index >= 15 is 0 Å². The molecule has 0 amide bonds. The first-order valence-electron chi connectivity index (χ1n) is 8.86. The number of hydrogen-bond donors (Lipinski definition) is 0. The van der Waals surface area contributed by atoms with Crippen LogP contribution >= 0.6 is 63.7 Å². The summed E-state index contributed by atoms with van der Waals surface area (Å²) in [7, 11) is 0. The van der Waals surface area contributed by atoms with Crippen LogP contribution in [0.2, 0.25) is 0 Å². The van der Waals surface area contributed by atoms with Crippen LogP contribution in [0.15, 0.2) is 80.8 Å². The molecule has 0 aliphatic carbocycles. The molecule has 0 aromatic heterocycles. The van der Waals surface area contributed by atoms with E-state index in [2.05, 4.69) is 100 Å². The highest BCUT2D eigenvalue weighted by atomic mass is 79.9. The zero-order valence-corrected chi connectivity index (χ0v) is 21.4. The molecule has 2 aromatic rings. The molecule has 2 aliphatic heterocycles. The van der Waals surface area contributed by atoms with E-state index in [9.17, 15) is 0 Å². The second kappa shape index (κ2) is 11.2. The van der Waals surface area contributed by atoms with Crippen molar-refractivity contribution in [2.75, 3.05) is 23.9 Å². The van der Waals surface area contributed by atoms with Gasteiger partial charge in [-0.1, -0.05) is 100 Å². The Kier molecular flexibility index (Phi) is 9.00. The summed E-state index contributed by atoms with van der Waals surface area (Å²) in [5, 5.41) is 1.77. The predicted molar refractivity (Wildman–Crippen MR) is 129 cm³/mol. The Morgan fingerprint density at radius 1 is 0.643 bits per heavy atom. The van der Waals surface area contributed by atoms with Gasteiger partial charge in [-0.05, 0) is 46.5 Å². The van der Waals surface area contributed by atoms with Gasteiger partial charge in [-0.3, -0.25) is 0 Å². The lowest BCUT2D eigenvalue weighted by Crippen LogP contribution is -2.01. The van der Waals surface area contributed by atoms with Gasteiger partial charge in [0.1, 0.15) is 12.2 Å². The largest absolute Gasteiger partial charge is 0.365 e. The first-order chi connectivity index (χ1) is 13.6. The highest BCUT2D eigenvalue weighted by Gasteiger charge is 2.21. The number of rotatable bonds is 4. The molecule has 0 N–H and O–H groups in total. The van der Waals surface area contributed by atoms with E-state index in [1.165, 1.54) is 22.3 Å². The molecule has 2 aromatic carbocycles. The fraction of sp³-hybridized carbons (Fsp3) is 0.273. The molecule has 2 heterocycles. The number of halogens is 4. The topological polar surface area (TPSA) is 18.5 Å². The molecule has 0 radical (unpaired) electrons. The van der Waals surface area contributed by atoms with Gasteiger partial charge in [-0.2, -0.15) is 0 Å². The number of alkyl halides is 2. The van der Waals surface area contributed by atoms with Crippen molar-refractivity contribution in [3.8, 4) is 0 Å². The lowest BCUT2D eigenvalue weighted by molar-refractivity contribution is 0.123. The summed E-state index contributed by atoms with van der Waals surface area (Å²) in [6, 6.07) is 16.6. The van der Waals surface area contributed by atoms with E-state index < -0.39 is 0 Å². The fourth-order valence-corrected chi connectivity index (χ4v) is 4.65. The second-order valence-electron chi connectivity index (χ2n) is 6.36. The van der Waals surface area contributed by atoms with Gasteiger partial charge in [0, 0.05) is 19.6 Å². The molecule has 148 valence electrons. The molecule has 0 saturated heterocycles. The second-order valence-corrected chi connectivity index (χ2v) is 9.31. The minimum Gasteiger partial charge on any atom is -0.365 e. The van der Waals surface area contributed by atoms with Crippen LogP contribution in [0.4, 0.5) is 0 Å². The molecule has 0 spiro atoms. The van der Waals surface area contributed by atoms with Crippen molar-refractivity contribution in [1.29, 1.82) is 0 Å². The minimum atomic E-state index is 0.141. The van der Waals surface area contributed by atoms with Crippen molar-refractivity contribution < 1.29 is 9.47 Å². The van der Waals surface area contributed by atoms with Crippen LogP contribution in [-0.2, 0) is 9.47 Å². The molecule has 0 unspecified atom stereocenters. The van der Waals surface area contributed by atoms with Gasteiger partial charge in [-0.25, -0.2) is 0 Å². The lowest BCUT2D eigenvalue weighted by atomic mass is 10.0. The van der Waals surface area contributed by atoms with Gasteiger partial charge in [-0.15, -0.1) is 0 Å². The van der Waals surface area contributed by atoms with Crippen LogP contribution in [0.1, 0.15) is 23.3 Å². The quantitative estimate of drug-likeness (QED) is 0.254. The number of hydrogen-bond acceptors (Lipinski definition) is 2. The summed E-state index contributed by atoms with van der Waals surface area (Å²) in [4.78, 5) is 0. The Bertz CT molecular complexity index is 757. The van der Waals surface area contributed by atoms with Crippen LogP contribution < -0.4 is 0 Å². The standard InChI is InChI=1S/2C11H10Br2O/c2*12-7-9-5-6-14-11(9)8-1-3-10(13)4-2-8/h2*1-5,11H,6-7H2/t2*11-/m10/s1. The molecule has 4 rings (SSSR count). The Hall–Kier alpha value is -0.240. The minimum absolute atomic E-state index is 0.141. The normalized spacial score (nSPS) is 21.0. The van der Waals surface area contributed by atoms with Crippen LogP contribution in [0.25, 0.3) is 0 Å². The molecular weight excluding hydrogens is 616 g/mol. The number of ether oxygens (including phenoxy) is 2. The first-order valence-corrected chi connectivity index (χ1v) is 12.7. The Morgan fingerprint density at radius 3 is 1.32 bits per heavy atom. The van der Waals surface area contributed by atoms with E-state index in [0.29, 0.717) is 0 Å². The van der Waals surface area contributed by atoms with E-state index in [-0.39, 0.29) is 12.2 Å². The van der Waals surface area contributed by atoms with Gasteiger partial charge in [0.15, 0.2) is 0 Å². The van der Waals surface area contributed by atoms with Crippen molar-refractivity contribution >= 4 is 63.7 Å². The maximum atomic E-state index is 5.64. The third-order valence-electron chi connectivity index (χ3n) is 4.54. The highest BCUT2D eigenvalue weighted by molar-refractivity contribution is 9.11. The summed E-state index contributed by atoms with van der Waals surface area (Å²) in [5.41, 5.74) is 5.06. The maximum absolute atomic E-state index is 5.64. The third kappa shape index (κ3) is 5.89. The van der Waals surface area contributed by atoms with E-state index in [1.807, 2.05) is 24.3 Å². The summed E-state index contributed by atoms with van der Waals surface area (Å²) in [6.45, 7) is 1.45. The summed E-state index contributed by atoms with van der Waals surface area (Å²) in [6.07, 6.45) is 4.56. The average Bonchev–Trinajstić information content (AvgIpc) is 3.39. The van der Waals surface area contributed by atoms with E-state index in [4.69, 9.17) is 9.47 Å². The molecule has 0 saturated carbocycles. The molecule has 28 heavy (non-hydrogen) atoms. The smallest absolute Gasteiger partial charge is 0.105 e. The molecule has 6 heteroatoms. The van der Waals surface area contributed by atoms with Crippen LogP contribution in [0, 0.1) is 0 Å². The van der Waals surface area contributed by atoms with Gasteiger partial charge < -0.3 is 9.47 Å². The van der Waals surface area contributed by atoms with Crippen LogP contribution in [-0.4, -0.2) is 23.9 Å². The highest BCUT2D eigenvalue weighted by Crippen LogP contribution is 2.32. The Balaban J connectivity index is 0.000000161. The van der Waals surface area contributed by atoms with Gasteiger partial charge in [0.05, 0.1) is 13.2 Å². The van der Waals surface area contributed by atoms with Crippen molar-refractivity contribution in [2.24, 2.45) is 0 Å². The van der Waals surface area contributed by atoms with Crippen LogP contribution in [0.5, 0.6) is 0 Å². The molecule has 0 bridgehead atoms. The van der Waals surface area contributed by atoms with Gasteiger partial charge >= 0.3 is 0 Å². The van der Waals surface area contributed by atoms with Gasteiger partial charge in [0.2, 0.25) is 0 Å². The van der Waals surface area contributed by atoms with E-state index in [1.54, 1.807) is 0 Å². The zero-order valence-electron chi connectivity index (χ0n) is 15.1. The third-order valence-corrected chi connectivity index (χ3v) is 6.90. The zero-order chi connectivity index (χ0) is 19.9. The molecular formula is C22H20Br4O2. The van der Waals surface area contributed by atoms with Crippen molar-refractivity contribution in [3.63, 3.8) is 0 Å². The lowest BCUT2D eigenvalue weighted by Gasteiger charge is -2.13. The summed E-state index contributed by atoms with van der Waals surface area (Å²) < 4.78 is 13.5. The average molecular weight is 636 g/mol. The van der Waals surface area contributed by atoms with Gasteiger partial charge in [0.25, 0.3) is 0 Å². The molecule has 2 atom stereocenters. The summed E-state index contributed by atoms with van der Waals surface area (Å²) in [5.74, 6) is 0. The van der Waals surface area contributed by atoms with Crippen LogP contribution in [0.3, 0.4) is 0 Å². The summed E-state index contributed by atoms with van der Waals surface area (Å²) >= 11 is 13.8. The molecule has 2 aliphatic rings. The first kappa shape index (κ1) is 22.4. The van der Waals surface area contributed by atoms with Crippen molar-refractivity contribution in [2.45, 2.75) is 12.2 Å². The van der Waals surface area contributed by atoms with Crippen molar-refractivity contribution in [3.05, 3.63) is 91.9 Å².